The third-order valence-electron chi connectivity index (χ3n) is 3.50. The van der Waals surface area contributed by atoms with Crippen LogP contribution in [0, 0.1) is 6.92 Å². The summed E-state index contributed by atoms with van der Waals surface area (Å²) in [5.74, 6) is 0.138. The predicted molar refractivity (Wildman–Crippen MR) is 82.9 cm³/mol. The molecule has 4 aromatic rings. The molecule has 0 aliphatic heterocycles. The van der Waals surface area contributed by atoms with E-state index in [0.29, 0.717) is 5.52 Å². The molecule has 0 radical (unpaired) electrons. The number of nitrogens with zero attached hydrogens (tertiary/aromatic N) is 3. The largest absolute Gasteiger partial charge is 0.493 e. The zero-order valence-corrected chi connectivity index (χ0v) is 12.1. The monoisotopic (exact) mass is 296 g/mol. The number of nitrogens with one attached hydrogen (secondary N) is 1. The molecule has 0 aliphatic carbocycles. The molecule has 3 heterocycles. The van der Waals surface area contributed by atoms with Crippen LogP contribution >= 0.6 is 11.3 Å². The van der Waals surface area contributed by atoms with Crippen molar-refractivity contribution in [3.63, 3.8) is 0 Å². The van der Waals surface area contributed by atoms with Crippen molar-refractivity contribution in [1.82, 2.24) is 19.7 Å². The summed E-state index contributed by atoms with van der Waals surface area (Å²) in [6, 6.07) is 9.97. The van der Waals surface area contributed by atoms with Crippen LogP contribution in [0.25, 0.3) is 27.3 Å². The van der Waals surface area contributed by atoms with E-state index in [1.165, 1.54) is 11.3 Å². The number of benzene rings is 1. The van der Waals surface area contributed by atoms with Crippen molar-refractivity contribution in [3.05, 3.63) is 47.6 Å². The van der Waals surface area contributed by atoms with E-state index in [1.807, 2.05) is 42.6 Å². The maximum absolute atomic E-state index is 10.6. The third-order valence-corrected chi connectivity index (χ3v) is 4.26. The Morgan fingerprint density at radius 1 is 1.24 bits per heavy atom. The van der Waals surface area contributed by atoms with Gasteiger partial charge in [-0.2, -0.15) is 5.10 Å². The number of thiazole rings is 1. The molecule has 2 N–H and O–H groups in total. The van der Waals surface area contributed by atoms with E-state index in [4.69, 9.17) is 0 Å². The molecule has 0 saturated carbocycles. The van der Waals surface area contributed by atoms with Crippen molar-refractivity contribution in [1.29, 1.82) is 0 Å². The fourth-order valence-corrected chi connectivity index (χ4v) is 3.24. The zero-order valence-electron chi connectivity index (χ0n) is 11.2. The van der Waals surface area contributed by atoms with Gasteiger partial charge in [-0.1, -0.05) is 30.3 Å². The summed E-state index contributed by atoms with van der Waals surface area (Å²) in [6.07, 6.45) is 1.73. The average Bonchev–Trinajstić information content (AvgIpc) is 3.19. The summed E-state index contributed by atoms with van der Waals surface area (Å²) in [6.45, 7) is 1.93. The van der Waals surface area contributed by atoms with Gasteiger partial charge in [-0.15, -0.1) is 11.3 Å². The van der Waals surface area contributed by atoms with Crippen LogP contribution in [0.3, 0.4) is 0 Å². The summed E-state index contributed by atoms with van der Waals surface area (Å²) < 4.78 is 1.77. The Morgan fingerprint density at radius 2 is 2.05 bits per heavy atom. The molecular weight excluding hydrogens is 284 g/mol. The van der Waals surface area contributed by atoms with E-state index in [1.54, 1.807) is 10.8 Å². The number of aromatic amines is 1. The van der Waals surface area contributed by atoms with Crippen LogP contribution in [0.4, 0.5) is 0 Å². The first-order valence-electron chi connectivity index (χ1n) is 6.51. The van der Waals surface area contributed by atoms with Gasteiger partial charge < -0.3 is 5.11 Å². The third kappa shape index (κ3) is 1.69. The van der Waals surface area contributed by atoms with E-state index >= 15 is 0 Å². The van der Waals surface area contributed by atoms with Crippen molar-refractivity contribution in [3.8, 4) is 22.3 Å². The molecule has 0 aliphatic rings. The van der Waals surface area contributed by atoms with Gasteiger partial charge in [0.1, 0.15) is 5.52 Å². The lowest BCUT2D eigenvalue weighted by Gasteiger charge is -2.08. The zero-order chi connectivity index (χ0) is 14.4. The molecule has 3 aromatic heterocycles. The predicted octanol–water partition coefficient (Wildman–Crippen LogP) is 3.49. The molecule has 0 atom stereocenters. The van der Waals surface area contributed by atoms with Crippen LogP contribution in [0.15, 0.2) is 41.9 Å². The highest BCUT2D eigenvalue weighted by Crippen LogP contribution is 2.40. The highest BCUT2D eigenvalue weighted by Gasteiger charge is 2.23. The van der Waals surface area contributed by atoms with Crippen LogP contribution in [-0.4, -0.2) is 24.9 Å². The normalized spacial score (nSPS) is 11.3. The van der Waals surface area contributed by atoms with Crippen LogP contribution in [-0.2, 0) is 0 Å². The number of fused-ring (bicyclic) bond motifs is 1. The first-order valence-corrected chi connectivity index (χ1v) is 7.39. The molecule has 0 amide bonds. The Labute approximate surface area is 124 Å². The summed E-state index contributed by atoms with van der Waals surface area (Å²) in [7, 11) is 0. The van der Waals surface area contributed by atoms with Gasteiger partial charge in [-0.3, -0.25) is 9.67 Å². The van der Waals surface area contributed by atoms with Gasteiger partial charge in [-0.25, -0.2) is 4.98 Å². The van der Waals surface area contributed by atoms with Crippen LogP contribution in [0.2, 0.25) is 0 Å². The van der Waals surface area contributed by atoms with Gasteiger partial charge in [0.2, 0.25) is 5.88 Å². The molecule has 104 valence electrons. The fourth-order valence-electron chi connectivity index (χ4n) is 2.60. The van der Waals surface area contributed by atoms with Gasteiger partial charge in [0.15, 0.2) is 5.13 Å². The molecule has 21 heavy (non-hydrogen) atoms. The molecule has 6 heteroatoms. The summed E-state index contributed by atoms with van der Waals surface area (Å²) in [5, 5.41) is 21.2. The number of aromatic nitrogens is 4. The van der Waals surface area contributed by atoms with Crippen molar-refractivity contribution in [2.45, 2.75) is 6.92 Å². The lowest BCUT2D eigenvalue weighted by molar-refractivity contribution is 0.447. The molecule has 0 unspecified atom stereocenters. The van der Waals surface area contributed by atoms with E-state index < -0.39 is 0 Å². The number of hydrogen-bond acceptors (Lipinski definition) is 4. The molecule has 5 nitrogen and oxygen atoms in total. The number of aryl methyl sites for hydroxylation is 1. The Balaban J connectivity index is 2.16. The Bertz CT molecular complexity index is 906. The van der Waals surface area contributed by atoms with Crippen LogP contribution in [0.5, 0.6) is 5.88 Å². The minimum atomic E-state index is 0.138. The van der Waals surface area contributed by atoms with Crippen LogP contribution < -0.4 is 0 Å². The summed E-state index contributed by atoms with van der Waals surface area (Å²) >= 11 is 1.48. The summed E-state index contributed by atoms with van der Waals surface area (Å²) in [5.41, 5.74) is 3.42. The SMILES string of the molecule is Cc1n[nH]c2c(O)n(-c3nccs3)c(-c3ccccc3)c12. The second-order valence-electron chi connectivity index (χ2n) is 4.75. The topological polar surface area (TPSA) is 66.7 Å². The van der Waals surface area contributed by atoms with E-state index in [2.05, 4.69) is 15.2 Å². The average molecular weight is 296 g/mol. The maximum Gasteiger partial charge on any atom is 0.224 e. The van der Waals surface area contributed by atoms with E-state index in [9.17, 15) is 5.11 Å². The van der Waals surface area contributed by atoms with Gasteiger partial charge in [0.25, 0.3) is 0 Å². The van der Waals surface area contributed by atoms with Gasteiger partial charge in [0.05, 0.1) is 16.8 Å². The van der Waals surface area contributed by atoms with Gasteiger partial charge in [-0.05, 0) is 12.5 Å². The van der Waals surface area contributed by atoms with Crippen molar-refractivity contribution in [2.75, 3.05) is 0 Å². The first kappa shape index (κ1) is 12.2. The van der Waals surface area contributed by atoms with Crippen molar-refractivity contribution >= 4 is 22.2 Å². The van der Waals surface area contributed by atoms with Gasteiger partial charge in [0, 0.05) is 11.6 Å². The highest BCUT2D eigenvalue weighted by atomic mass is 32.1. The lowest BCUT2D eigenvalue weighted by atomic mass is 10.1. The Hall–Kier alpha value is -2.60. The fraction of sp³-hybridized carbons (Fsp3) is 0.0667. The quantitative estimate of drug-likeness (QED) is 0.595. The first-order chi connectivity index (χ1) is 10.3. The second-order valence-corrected chi connectivity index (χ2v) is 5.62. The number of hydrogen-bond donors (Lipinski definition) is 2. The van der Waals surface area contributed by atoms with Crippen molar-refractivity contribution < 1.29 is 5.11 Å². The number of rotatable bonds is 2. The smallest absolute Gasteiger partial charge is 0.224 e. The number of H-pyrrole nitrogens is 1. The van der Waals surface area contributed by atoms with E-state index in [0.717, 1.165) is 27.5 Å². The minimum absolute atomic E-state index is 0.138. The maximum atomic E-state index is 10.6. The molecule has 0 saturated heterocycles. The van der Waals surface area contributed by atoms with Crippen LogP contribution in [0.1, 0.15) is 5.69 Å². The molecule has 0 spiro atoms. The summed E-state index contributed by atoms with van der Waals surface area (Å²) in [4.78, 5) is 4.33. The van der Waals surface area contributed by atoms with Crippen molar-refractivity contribution in [2.24, 2.45) is 0 Å². The van der Waals surface area contributed by atoms with E-state index in [-0.39, 0.29) is 5.88 Å². The second kappa shape index (κ2) is 4.46. The standard InChI is InChI=1S/C15H12N4OS/c1-9-11-12(18-17-9)14(20)19(15-16-7-8-21-15)13(11)10-5-3-2-4-6-10/h2-8,18,20H,1H3. The Kier molecular flexibility index (Phi) is 2.58. The number of aromatic hydroxyl groups is 1. The Morgan fingerprint density at radius 3 is 2.76 bits per heavy atom. The molecule has 4 rings (SSSR count). The molecule has 0 fully saturated rings. The molecule has 1 aromatic carbocycles. The lowest BCUT2D eigenvalue weighted by Crippen LogP contribution is -1.96. The molecular formula is C15H12N4OS. The minimum Gasteiger partial charge on any atom is -0.493 e. The van der Waals surface area contributed by atoms with Gasteiger partial charge >= 0.3 is 0 Å². The highest BCUT2D eigenvalue weighted by molar-refractivity contribution is 7.12. The molecule has 0 bridgehead atoms.